The molecule has 3 aromatic rings. The molecule has 2 amide bonds. The normalized spacial score (nSPS) is 18.8. The lowest BCUT2D eigenvalue weighted by Crippen LogP contribution is -2.51. The Morgan fingerprint density at radius 3 is 2.52 bits per heavy atom. The van der Waals surface area contributed by atoms with E-state index < -0.39 is 29.6 Å². The first-order valence-corrected chi connectivity index (χ1v) is 15.3. The van der Waals surface area contributed by atoms with E-state index in [9.17, 15) is 24.3 Å². The van der Waals surface area contributed by atoms with Gasteiger partial charge in [-0.2, -0.15) is 0 Å². The number of fused-ring (bicyclic) bond motifs is 6. The number of benzene rings is 1. The van der Waals surface area contributed by atoms with Gasteiger partial charge in [-0.05, 0) is 49.0 Å². The van der Waals surface area contributed by atoms with Crippen LogP contribution in [0.4, 0.5) is 0 Å². The average molecular weight is 632 g/mol. The fourth-order valence-corrected chi connectivity index (χ4v) is 6.17. The van der Waals surface area contributed by atoms with Crippen molar-refractivity contribution in [2.45, 2.75) is 71.4 Å². The van der Waals surface area contributed by atoms with Crippen LogP contribution in [0.1, 0.15) is 62.8 Å². The Morgan fingerprint density at radius 2 is 1.83 bits per heavy atom. The highest BCUT2D eigenvalue weighted by Crippen LogP contribution is 2.45. The number of pyridine rings is 2. The van der Waals surface area contributed by atoms with E-state index in [-0.39, 0.29) is 61.4 Å². The van der Waals surface area contributed by atoms with E-state index in [2.05, 4.69) is 17.2 Å². The molecule has 6 rings (SSSR count). The van der Waals surface area contributed by atoms with Gasteiger partial charge in [0, 0.05) is 29.1 Å². The van der Waals surface area contributed by atoms with Gasteiger partial charge in [0.25, 0.3) is 5.56 Å². The molecule has 5 heterocycles. The summed E-state index contributed by atoms with van der Waals surface area (Å²) in [5.74, 6) is -0.556. The summed E-state index contributed by atoms with van der Waals surface area (Å²) in [5, 5.41) is 17.5. The predicted octanol–water partition coefficient (Wildman–Crippen LogP) is 1.82. The average Bonchev–Trinajstić information content (AvgIpc) is 3.64. The van der Waals surface area contributed by atoms with E-state index in [0.717, 1.165) is 16.5 Å². The monoisotopic (exact) mass is 631 g/mol. The topological polar surface area (TPSA) is 184 Å². The minimum atomic E-state index is -1.95. The molecule has 2 aromatic heterocycles. The molecule has 0 unspecified atom stereocenters. The van der Waals surface area contributed by atoms with Crippen LogP contribution in [-0.4, -0.2) is 57.9 Å². The highest BCUT2D eigenvalue weighted by molar-refractivity contribution is 5.98. The van der Waals surface area contributed by atoms with E-state index >= 15 is 0 Å². The summed E-state index contributed by atoms with van der Waals surface area (Å²) in [6, 6.07) is 3.74. The number of carbonyl (C=O) groups is 3. The molecule has 3 atom stereocenters. The van der Waals surface area contributed by atoms with Gasteiger partial charge in [-0.25, -0.2) is 9.78 Å². The van der Waals surface area contributed by atoms with E-state index in [1.165, 1.54) is 0 Å². The maximum absolute atomic E-state index is 13.8. The van der Waals surface area contributed by atoms with Gasteiger partial charge in [0.2, 0.25) is 18.6 Å². The van der Waals surface area contributed by atoms with Crippen LogP contribution in [0.2, 0.25) is 0 Å². The van der Waals surface area contributed by atoms with Crippen LogP contribution in [0.25, 0.3) is 27.9 Å². The smallest absolute Gasteiger partial charge is 0.343 e. The molecule has 0 saturated heterocycles. The Labute approximate surface area is 264 Å². The van der Waals surface area contributed by atoms with Crippen molar-refractivity contribution >= 4 is 34.3 Å². The molecular weight excluding hydrogens is 594 g/mol. The molecule has 13 heteroatoms. The maximum atomic E-state index is 13.8. The number of amides is 2. The molecule has 0 fully saturated rings. The third kappa shape index (κ3) is 4.99. The number of nitrogens with one attached hydrogen (secondary N) is 2. The Kier molecular flexibility index (Phi) is 7.85. The molecule has 0 spiro atoms. The summed E-state index contributed by atoms with van der Waals surface area (Å²) in [5.41, 5.74) is 7.74. The van der Waals surface area contributed by atoms with E-state index in [4.69, 9.17) is 24.9 Å². The largest absolute Gasteiger partial charge is 0.458 e. The molecule has 1 aromatic carbocycles. The van der Waals surface area contributed by atoms with Gasteiger partial charge in [0.05, 0.1) is 35.1 Å². The number of hydrogen-bond acceptors (Lipinski definition) is 10. The third-order valence-corrected chi connectivity index (χ3v) is 9.03. The van der Waals surface area contributed by atoms with E-state index in [1.807, 2.05) is 19.9 Å². The van der Waals surface area contributed by atoms with Gasteiger partial charge in [-0.1, -0.05) is 27.4 Å². The molecule has 5 N–H and O–H groups in total. The fourth-order valence-electron chi connectivity index (χ4n) is 6.17. The number of nitrogens with two attached hydrogens (primary N) is 1. The molecule has 0 aliphatic carbocycles. The van der Waals surface area contributed by atoms with Crippen molar-refractivity contribution in [1.29, 1.82) is 0 Å². The summed E-state index contributed by atoms with van der Waals surface area (Å²) in [4.78, 5) is 56.4. The second kappa shape index (κ2) is 11.6. The fraction of sp³-hybridized carbons (Fsp3) is 0.424. The number of aromatic nitrogens is 2. The first kappa shape index (κ1) is 31.2. The van der Waals surface area contributed by atoms with Crippen molar-refractivity contribution in [3.63, 3.8) is 0 Å². The lowest BCUT2D eigenvalue weighted by molar-refractivity contribution is -0.172. The van der Waals surface area contributed by atoms with Crippen molar-refractivity contribution in [3.8, 4) is 22.9 Å². The van der Waals surface area contributed by atoms with Gasteiger partial charge >= 0.3 is 5.97 Å². The zero-order chi connectivity index (χ0) is 33.1. The van der Waals surface area contributed by atoms with Crippen molar-refractivity contribution in [2.75, 3.05) is 13.3 Å². The maximum Gasteiger partial charge on any atom is 0.343 e. The number of ether oxygens (including phenoxy) is 3. The molecule has 13 nitrogen and oxygen atoms in total. The van der Waals surface area contributed by atoms with Gasteiger partial charge in [0.1, 0.15) is 12.6 Å². The highest BCUT2D eigenvalue weighted by atomic mass is 16.7. The Morgan fingerprint density at radius 1 is 1.11 bits per heavy atom. The number of aliphatic hydroxyl groups is 1. The lowest BCUT2D eigenvalue weighted by atomic mass is 9.86. The molecule has 0 radical (unpaired) electrons. The zero-order valence-electron chi connectivity index (χ0n) is 26.2. The Bertz CT molecular complexity index is 1880. The first-order chi connectivity index (χ1) is 21.8. The van der Waals surface area contributed by atoms with Gasteiger partial charge < -0.3 is 40.3 Å². The van der Waals surface area contributed by atoms with Crippen molar-refractivity contribution < 1.29 is 33.7 Å². The van der Waals surface area contributed by atoms with E-state index in [1.54, 1.807) is 30.5 Å². The van der Waals surface area contributed by atoms with Crippen LogP contribution >= 0.6 is 0 Å². The van der Waals surface area contributed by atoms with Gasteiger partial charge in [-0.3, -0.25) is 14.4 Å². The first-order valence-electron chi connectivity index (χ1n) is 15.3. The minimum Gasteiger partial charge on any atom is -0.458 e. The van der Waals surface area contributed by atoms with Crippen LogP contribution < -0.4 is 31.4 Å². The summed E-state index contributed by atoms with van der Waals surface area (Å²) >= 11 is 0. The number of nitrogens with zero attached hydrogens (tertiary/aromatic N) is 2. The van der Waals surface area contributed by atoms with Gasteiger partial charge in [0.15, 0.2) is 17.1 Å². The second-order valence-corrected chi connectivity index (χ2v) is 12.3. The summed E-state index contributed by atoms with van der Waals surface area (Å²) < 4.78 is 18.0. The Balaban J connectivity index is 1.34. The minimum absolute atomic E-state index is 0.0316. The lowest BCUT2D eigenvalue weighted by Gasteiger charge is -2.31. The van der Waals surface area contributed by atoms with Crippen LogP contribution in [0, 0.1) is 5.92 Å². The van der Waals surface area contributed by atoms with Crippen molar-refractivity contribution in [2.24, 2.45) is 11.7 Å². The number of cyclic esters (lactones) is 1. The van der Waals surface area contributed by atoms with Crippen molar-refractivity contribution in [1.82, 2.24) is 20.2 Å². The number of hydrogen-bond donors (Lipinski definition) is 4. The molecule has 46 heavy (non-hydrogen) atoms. The molecule has 3 aliphatic heterocycles. The van der Waals surface area contributed by atoms with Crippen LogP contribution in [-0.2, 0) is 37.9 Å². The SMILES string of the molecule is C=C(CCNC(=O)[C@H](C)NC(=O)[C@@H](N)C(C)C)c1c2c(nc3cc4c(cc13)OCO4)-c1cc3c(c(=O)n1C2)COC(=O)[C@]3(O)CC. The summed E-state index contributed by atoms with van der Waals surface area (Å²) in [7, 11) is 0. The molecular formula is C33H37N5O8. The van der Waals surface area contributed by atoms with Crippen LogP contribution in [0.5, 0.6) is 11.5 Å². The predicted molar refractivity (Wildman–Crippen MR) is 168 cm³/mol. The zero-order valence-corrected chi connectivity index (χ0v) is 26.2. The summed E-state index contributed by atoms with van der Waals surface area (Å²) in [6.45, 7) is 11.5. The van der Waals surface area contributed by atoms with Crippen LogP contribution in [0.15, 0.2) is 29.6 Å². The van der Waals surface area contributed by atoms with E-state index in [0.29, 0.717) is 40.4 Å². The molecule has 0 saturated carbocycles. The summed E-state index contributed by atoms with van der Waals surface area (Å²) in [6.07, 6.45) is 0.376. The Hall–Kier alpha value is -4.75. The highest BCUT2D eigenvalue weighted by Gasteiger charge is 2.45. The number of carbonyl (C=O) groups excluding carboxylic acids is 3. The quantitative estimate of drug-likeness (QED) is 0.199. The molecule has 242 valence electrons. The molecule has 0 bridgehead atoms. The second-order valence-electron chi connectivity index (χ2n) is 12.3. The third-order valence-electron chi connectivity index (χ3n) is 9.03. The number of esters is 1. The standard InChI is InChI=1S/C33H37N5O8/c1-6-33(43)21-10-23-28-19(12-38(23)31(41)20(21)13-44-32(33)42)26(18-9-24-25(46-14-45-24)11-22(18)37-28)16(4)7-8-35-29(39)17(5)36-30(40)27(34)15(2)3/h9-11,15,17,27,43H,4,6-8,12-14,34H2,1-3,5H3,(H,35,39)(H,36,40)/t17-,27-,33-/m0/s1. The van der Waals surface area contributed by atoms with Crippen molar-refractivity contribution in [3.05, 3.63) is 57.4 Å². The van der Waals surface area contributed by atoms with Gasteiger partial charge in [-0.15, -0.1) is 0 Å². The molecule has 3 aliphatic rings. The van der Waals surface area contributed by atoms with Crippen LogP contribution in [0.3, 0.4) is 0 Å². The number of rotatable bonds is 9.